The minimum Gasteiger partial charge on any atom is -0.478 e. The summed E-state index contributed by atoms with van der Waals surface area (Å²) in [6.45, 7) is -0.157. The lowest BCUT2D eigenvalue weighted by atomic mass is 9.84. The van der Waals surface area contributed by atoms with Crippen LogP contribution in [-0.4, -0.2) is 79.7 Å². The number of ether oxygens (including phenoxy) is 1. The van der Waals surface area contributed by atoms with Crippen LogP contribution in [0.1, 0.15) is 13.3 Å². The van der Waals surface area contributed by atoms with Crippen molar-refractivity contribution in [3.8, 4) is 0 Å². The molecule has 0 aliphatic carbocycles. The minimum atomic E-state index is -2.49. The number of nitrogens with one attached hydrogen (secondary N) is 2. The molecule has 3 aliphatic rings. The van der Waals surface area contributed by atoms with E-state index in [0.29, 0.717) is 0 Å². The van der Waals surface area contributed by atoms with Gasteiger partial charge in [0.15, 0.2) is 0 Å². The van der Waals surface area contributed by atoms with Crippen molar-refractivity contribution in [3.63, 3.8) is 0 Å². The van der Waals surface area contributed by atoms with Crippen LogP contribution in [0.3, 0.4) is 0 Å². The number of amides is 2. The average molecular weight is 372 g/mol. The summed E-state index contributed by atoms with van der Waals surface area (Å²) in [5.74, 6) is -3.55. The Morgan fingerprint density at radius 1 is 1.38 bits per heavy atom. The van der Waals surface area contributed by atoms with Crippen LogP contribution in [-0.2, 0) is 19.1 Å². The Kier molecular flexibility index (Phi) is 5.21. The van der Waals surface area contributed by atoms with E-state index in [0.717, 1.165) is 25.2 Å². The van der Waals surface area contributed by atoms with E-state index in [-0.39, 0.29) is 18.6 Å². The van der Waals surface area contributed by atoms with Crippen molar-refractivity contribution < 1.29 is 44.7 Å². The van der Waals surface area contributed by atoms with E-state index in [1.807, 2.05) is 5.32 Å². The first-order chi connectivity index (χ1) is 12.0. The first-order valence-corrected chi connectivity index (χ1v) is 7.63. The summed E-state index contributed by atoms with van der Waals surface area (Å²) in [7, 11) is 0. The van der Waals surface area contributed by atoms with Gasteiger partial charge in [0.1, 0.15) is 11.7 Å². The zero-order chi connectivity index (χ0) is 19.8. The summed E-state index contributed by atoms with van der Waals surface area (Å²) in [5, 5.41) is 52.9. The Hall–Kier alpha value is -2.31. The van der Waals surface area contributed by atoms with Gasteiger partial charge in [0.2, 0.25) is 5.72 Å². The van der Waals surface area contributed by atoms with Gasteiger partial charge in [0, 0.05) is 6.08 Å². The molecule has 0 aromatic heterocycles. The summed E-state index contributed by atoms with van der Waals surface area (Å²) in [6.07, 6.45) is 0.848. The molecular formula is C15H20N2O9. The number of aliphatic hydroxyl groups is 4. The van der Waals surface area contributed by atoms with Crippen LogP contribution in [0.25, 0.3) is 0 Å². The van der Waals surface area contributed by atoms with Crippen LogP contribution in [0.4, 0.5) is 0 Å². The monoisotopic (exact) mass is 372 g/mol. The number of rotatable bonds is 5. The predicted octanol–water partition coefficient (Wildman–Crippen LogP) is -3.29. The highest BCUT2D eigenvalue weighted by atomic mass is 16.5. The van der Waals surface area contributed by atoms with Crippen molar-refractivity contribution in [2.45, 2.75) is 36.5 Å². The first kappa shape index (κ1) is 20.0. The quantitative estimate of drug-likeness (QED) is 0.243. The van der Waals surface area contributed by atoms with Crippen LogP contribution < -0.4 is 10.6 Å². The molecule has 3 fully saturated rings. The second kappa shape index (κ2) is 6.78. The third-order valence-corrected chi connectivity index (χ3v) is 4.26. The summed E-state index contributed by atoms with van der Waals surface area (Å²) in [4.78, 5) is 35.5. The molecule has 4 atom stereocenters. The Morgan fingerprint density at radius 2 is 2.04 bits per heavy atom. The number of hydrogen-bond donors (Lipinski definition) is 7. The molecule has 3 heterocycles. The van der Waals surface area contributed by atoms with Gasteiger partial charge in [-0.1, -0.05) is 12.2 Å². The molecule has 0 saturated carbocycles. The lowest BCUT2D eigenvalue weighted by molar-refractivity contribution is -0.230. The zero-order valence-electron chi connectivity index (χ0n) is 13.8. The number of aliphatic hydroxyl groups excluding tert-OH is 2. The van der Waals surface area contributed by atoms with E-state index in [2.05, 4.69) is 5.32 Å². The van der Waals surface area contributed by atoms with Gasteiger partial charge in [-0.2, -0.15) is 0 Å². The Bertz CT molecular complexity index is 687. The van der Waals surface area contributed by atoms with Crippen LogP contribution in [0, 0.1) is 0 Å². The minimum absolute atomic E-state index is 0.0439. The van der Waals surface area contributed by atoms with Gasteiger partial charge in [-0.05, 0) is 18.9 Å². The number of fused-ring (bicyclic) bond motifs is 5. The highest BCUT2D eigenvalue weighted by Gasteiger charge is 2.63. The van der Waals surface area contributed by atoms with Crippen molar-refractivity contribution >= 4 is 17.8 Å². The third-order valence-electron chi connectivity index (χ3n) is 4.26. The number of carboxylic acids is 1. The summed E-state index contributed by atoms with van der Waals surface area (Å²) < 4.78 is 5.34. The molecule has 2 bridgehead atoms. The molecule has 0 unspecified atom stereocenters. The SMILES string of the molecule is C[C@@](O)(CO)[C@@H](O)[C@@]12NC(=O)[C@@](O)(NC1=O)/C(=C/C=C/C(=O)O)CCO2. The molecule has 2 amide bonds. The molecule has 144 valence electrons. The third kappa shape index (κ3) is 3.22. The maximum Gasteiger partial charge on any atom is 0.328 e. The Labute approximate surface area is 147 Å². The van der Waals surface area contributed by atoms with Gasteiger partial charge in [-0.3, -0.25) is 9.59 Å². The molecule has 26 heavy (non-hydrogen) atoms. The van der Waals surface area contributed by atoms with Crippen LogP contribution in [0.2, 0.25) is 0 Å². The summed E-state index contributed by atoms with van der Waals surface area (Å²) in [6, 6.07) is 0. The molecule has 0 radical (unpaired) electrons. The summed E-state index contributed by atoms with van der Waals surface area (Å²) >= 11 is 0. The van der Waals surface area contributed by atoms with E-state index >= 15 is 0 Å². The molecule has 0 aromatic rings. The van der Waals surface area contributed by atoms with Crippen LogP contribution >= 0.6 is 0 Å². The fourth-order valence-electron chi connectivity index (χ4n) is 2.71. The standard InChI is InChI=1S/C15H20N2O9/c1-13(24,7-18)10(21)15-12(23)16-14(25,11(22)17-15)8(5-6-26-15)3-2-4-9(19)20/h2-4,10,18,21,24-25H,5-7H2,1H3,(H,16,23)(H,17,22)(H,19,20)/b4-2+,8-3+/t10-,13-,14-,15+/m1/s1. The van der Waals surface area contributed by atoms with Crippen molar-refractivity contribution in [3.05, 3.63) is 23.8 Å². The largest absolute Gasteiger partial charge is 0.478 e. The van der Waals surface area contributed by atoms with Crippen LogP contribution in [0.5, 0.6) is 0 Å². The molecule has 11 nitrogen and oxygen atoms in total. The van der Waals surface area contributed by atoms with E-state index in [1.165, 1.54) is 0 Å². The Morgan fingerprint density at radius 3 is 2.62 bits per heavy atom. The number of carboxylic acid groups (broad SMARTS) is 1. The Balaban J connectivity index is 2.43. The van der Waals surface area contributed by atoms with E-state index in [1.54, 1.807) is 0 Å². The number of carbonyl (C=O) groups excluding carboxylic acids is 2. The van der Waals surface area contributed by atoms with E-state index in [9.17, 15) is 34.8 Å². The number of hydrogen-bond acceptors (Lipinski definition) is 8. The van der Waals surface area contributed by atoms with Gasteiger partial charge in [-0.25, -0.2) is 4.79 Å². The molecular weight excluding hydrogens is 352 g/mol. The molecule has 11 heteroatoms. The topological polar surface area (TPSA) is 186 Å². The van der Waals surface area contributed by atoms with E-state index < -0.39 is 47.5 Å². The lowest BCUT2D eigenvalue weighted by Gasteiger charge is -2.49. The number of allylic oxidation sites excluding steroid dienone is 2. The number of carbonyl (C=O) groups is 3. The predicted molar refractivity (Wildman–Crippen MR) is 83.1 cm³/mol. The molecule has 3 rings (SSSR count). The summed E-state index contributed by atoms with van der Waals surface area (Å²) in [5.41, 5.74) is -7.14. The average Bonchev–Trinajstić information content (AvgIpc) is 2.55. The zero-order valence-corrected chi connectivity index (χ0v) is 13.8. The van der Waals surface area contributed by atoms with Crippen molar-refractivity contribution in [2.24, 2.45) is 0 Å². The smallest absolute Gasteiger partial charge is 0.328 e. The molecule has 3 saturated heterocycles. The van der Waals surface area contributed by atoms with Crippen molar-refractivity contribution in [2.75, 3.05) is 13.2 Å². The van der Waals surface area contributed by atoms with Gasteiger partial charge < -0.3 is 40.9 Å². The fourth-order valence-corrected chi connectivity index (χ4v) is 2.71. The molecule has 0 spiro atoms. The maximum atomic E-state index is 12.5. The van der Waals surface area contributed by atoms with E-state index in [4.69, 9.17) is 9.84 Å². The molecule has 7 N–H and O–H groups in total. The van der Waals surface area contributed by atoms with Gasteiger partial charge in [0.05, 0.1) is 13.2 Å². The number of aliphatic carboxylic acids is 1. The fraction of sp³-hybridized carbons (Fsp3) is 0.533. The van der Waals surface area contributed by atoms with Crippen LogP contribution in [0.15, 0.2) is 23.8 Å². The van der Waals surface area contributed by atoms with Gasteiger partial charge in [0.25, 0.3) is 17.5 Å². The molecule has 3 aliphatic heterocycles. The van der Waals surface area contributed by atoms with Gasteiger partial charge >= 0.3 is 5.97 Å². The maximum absolute atomic E-state index is 12.5. The number of piperazine rings is 1. The highest BCUT2D eigenvalue weighted by molar-refractivity contribution is 6.03. The van der Waals surface area contributed by atoms with Gasteiger partial charge in [-0.15, -0.1) is 0 Å². The first-order valence-electron chi connectivity index (χ1n) is 7.63. The van der Waals surface area contributed by atoms with Crippen molar-refractivity contribution in [1.29, 1.82) is 0 Å². The second-order valence-electron chi connectivity index (χ2n) is 6.26. The second-order valence-corrected chi connectivity index (χ2v) is 6.26. The van der Waals surface area contributed by atoms with Crippen molar-refractivity contribution in [1.82, 2.24) is 10.6 Å². The highest BCUT2D eigenvalue weighted by Crippen LogP contribution is 2.33. The molecule has 0 aromatic carbocycles. The lowest BCUT2D eigenvalue weighted by Crippen LogP contribution is -2.82. The normalized spacial score (nSPS) is 34.0.